The van der Waals surface area contributed by atoms with Gasteiger partial charge in [-0.15, -0.1) is 0 Å². The van der Waals surface area contributed by atoms with Gasteiger partial charge in [-0.1, -0.05) is 25.1 Å². The first kappa shape index (κ1) is 16.4. The minimum atomic E-state index is -0.0452. The predicted molar refractivity (Wildman–Crippen MR) is 94.8 cm³/mol. The van der Waals surface area contributed by atoms with Gasteiger partial charge in [-0.05, 0) is 19.4 Å². The molecule has 2 heterocycles. The van der Waals surface area contributed by atoms with Crippen LogP contribution in [0.15, 0.2) is 47.7 Å². The monoisotopic (exact) mass is 325 g/mol. The molecule has 0 aliphatic heterocycles. The largest absolute Gasteiger partial charge is 0.305 e. The molecule has 0 aliphatic carbocycles. The van der Waals surface area contributed by atoms with Gasteiger partial charge in [0.25, 0.3) is 5.56 Å². The Hall–Kier alpha value is -2.47. The molecule has 0 fully saturated rings. The Bertz CT molecular complexity index is 882. The van der Waals surface area contributed by atoms with Crippen molar-refractivity contribution >= 4 is 10.8 Å². The van der Waals surface area contributed by atoms with Gasteiger partial charge in [0.1, 0.15) is 0 Å². The molecule has 0 amide bonds. The van der Waals surface area contributed by atoms with Crippen molar-refractivity contribution in [1.29, 1.82) is 0 Å². The van der Waals surface area contributed by atoms with Gasteiger partial charge >= 0.3 is 0 Å². The van der Waals surface area contributed by atoms with E-state index < -0.39 is 0 Å². The zero-order chi connectivity index (χ0) is 17.1. The van der Waals surface area contributed by atoms with Crippen LogP contribution in [0, 0.1) is 0 Å². The van der Waals surface area contributed by atoms with E-state index in [0.29, 0.717) is 11.9 Å². The van der Waals surface area contributed by atoms with Crippen molar-refractivity contribution in [3.05, 3.63) is 58.8 Å². The van der Waals surface area contributed by atoms with Crippen LogP contribution in [0.3, 0.4) is 0 Å². The lowest BCUT2D eigenvalue weighted by Gasteiger charge is -2.21. The molecule has 2 aromatic heterocycles. The summed E-state index contributed by atoms with van der Waals surface area (Å²) in [6.45, 7) is 4.74. The SMILES string of the molecule is CC[C@@H](N[C@H](C)Cn1ncc2ccccc2c1=O)c1cnn(C)c1. The van der Waals surface area contributed by atoms with Crippen LogP contribution >= 0.6 is 0 Å². The first-order valence-electron chi connectivity index (χ1n) is 8.28. The molecular weight excluding hydrogens is 302 g/mol. The second-order valence-electron chi connectivity index (χ2n) is 6.19. The summed E-state index contributed by atoms with van der Waals surface area (Å²) in [5, 5.41) is 13.7. The van der Waals surface area contributed by atoms with Crippen molar-refractivity contribution in [2.24, 2.45) is 7.05 Å². The summed E-state index contributed by atoms with van der Waals surface area (Å²) in [5.74, 6) is 0. The fourth-order valence-electron chi connectivity index (χ4n) is 2.98. The van der Waals surface area contributed by atoms with E-state index in [1.807, 2.05) is 43.7 Å². The van der Waals surface area contributed by atoms with Crippen LogP contribution < -0.4 is 10.9 Å². The third kappa shape index (κ3) is 3.38. The first-order chi connectivity index (χ1) is 11.6. The molecule has 3 rings (SSSR count). The lowest BCUT2D eigenvalue weighted by atomic mass is 10.1. The highest BCUT2D eigenvalue weighted by Crippen LogP contribution is 2.16. The molecule has 1 aromatic carbocycles. The molecule has 24 heavy (non-hydrogen) atoms. The lowest BCUT2D eigenvalue weighted by Crippen LogP contribution is -2.37. The van der Waals surface area contributed by atoms with Gasteiger partial charge in [0.15, 0.2) is 0 Å². The molecule has 6 heteroatoms. The molecule has 0 radical (unpaired) electrons. The van der Waals surface area contributed by atoms with E-state index in [1.165, 1.54) is 4.68 Å². The maximum atomic E-state index is 12.6. The zero-order valence-corrected chi connectivity index (χ0v) is 14.3. The van der Waals surface area contributed by atoms with Gasteiger partial charge in [-0.3, -0.25) is 9.48 Å². The predicted octanol–water partition coefficient (Wildman–Crippen LogP) is 2.26. The van der Waals surface area contributed by atoms with Crippen LogP contribution in [0.1, 0.15) is 31.9 Å². The first-order valence-corrected chi connectivity index (χ1v) is 8.28. The molecule has 0 spiro atoms. The molecule has 126 valence electrons. The second kappa shape index (κ2) is 6.97. The van der Waals surface area contributed by atoms with Gasteiger partial charge in [-0.25, -0.2) is 4.68 Å². The van der Waals surface area contributed by atoms with Gasteiger partial charge in [-0.2, -0.15) is 10.2 Å². The molecule has 2 atom stereocenters. The topological polar surface area (TPSA) is 64.7 Å². The second-order valence-corrected chi connectivity index (χ2v) is 6.19. The number of aromatic nitrogens is 4. The normalized spacial score (nSPS) is 14.0. The summed E-state index contributed by atoms with van der Waals surface area (Å²) in [7, 11) is 1.91. The standard InChI is InChI=1S/C18H23N5O/c1-4-17(15-10-19-22(3)12-15)21-13(2)11-23-18(24)16-8-6-5-7-14(16)9-20-23/h5-10,12-13,17,21H,4,11H2,1-3H3/t13-,17-/m1/s1. The maximum absolute atomic E-state index is 12.6. The number of benzene rings is 1. The average Bonchev–Trinajstić information content (AvgIpc) is 3.02. The Morgan fingerprint density at radius 2 is 2.00 bits per heavy atom. The molecule has 0 saturated heterocycles. The van der Waals surface area contributed by atoms with Crippen LogP contribution in [0.4, 0.5) is 0 Å². The number of nitrogens with one attached hydrogen (secondary N) is 1. The number of hydrogen-bond donors (Lipinski definition) is 1. The van der Waals surface area contributed by atoms with Crippen LogP contribution in [0.25, 0.3) is 10.8 Å². The van der Waals surface area contributed by atoms with E-state index in [1.54, 1.807) is 10.9 Å². The Kier molecular flexibility index (Phi) is 4.76. The van der Waals surface area contributed by atoms with Crippen LogP contribution in [-0.2, 0) is 13.6 Å². The van der Waals surface area contributed by atoms with Crippen molar-refractivity contribution < 1.29 is 0 Å². The molecule has 1 N–H and O–H groups in total. The fraction of sp³-hybridized carbons (Fsp3) is 0.389. The van der Waals surface area contributed by atoms with Gasteiger partial charge in [0.05, 0.1) is 24.3 Å². The minimum absolute atomic E-state index is 0.0452. The molecule has 6 nitrogen and oxygen atoms in total. The summed E-state index contributed by atoms with van der Waals surface area (Å²) in [5.41, 5.74) is 1.11. The molecule has 0 unspecified atom stereocenters. The van der Waals surface area contributed by atoms with E-state index in [9.17, 15) is 4.79 Å². The molecule has 0 aliphatic rings. The Balaban J connectivity index is 1.76. The Labute approximate surface area is 141 Å². The minimum Gasteiger partial charge on any atom is -0.305 e. The van der Waals surface area contributed by atoms with Crippen LogP contribution in [0.2, 0.25) is 0 Å². The van der Waals surface area contributed by atoms with E-state index >= 15 is 0 Å². The average molecular weight is 325 g/mol. The van der Waals surface area contributed by atoms with Crippen molar-refractivity contribution in [3.8, 4) is 0 Å². The van der Waals surface area contributed by atoms with Crippen LogP contribution in [-0.4, -0.2) is 25.6 Å². The van der Waals surface area contributed by atoms with E-state index in [2.05, 4.69) is 29.4 Å². The lowest BCUT2D eigenvalue weighted by molar-refractivity contribution is 0.386. The van der Waals surface area contributed by atoms with E-state index in [4.69, 9.17) is 0 Å². The molecule has 3 aromatic rings. The summed E-state index contributed by atoms with van der Waals surface area (Å²) in [6.07, 6.45) is 6.61. The zero-order valence-electron chi connectivity index (χ0n) is 14.3. The number of hydrogen-bond acceptors (Lipinski definition) is 4. The Morgan fingerprint density at radius 1 is 1.21 bits per heavy atom. The highest BCUT2D eigenvalue weighted by atomic mass is 16.1. The van der Waals surface area contributed by atoms with Crippen molar-refractivity contribution in [1.82, 2.24) is 24.9 Å². The summed E-state index contributed by atoms with van der Waals surface area (Å²) < 4.78 is 3.34. The quantitative estimate of drug-likeness (QED) is 0.755. The smallest absolute Gasteiger partial charge is 0.274 e. The van der Waals surface area contributed by atoms with Crippen molar-refractivity contribution in [2.45, 2.75) is 38.9 Å². The summed E-state index contributed by atoms with van der Waals surface area (Å²) in [4.78, 5) is 12.6. The highest BCUT2D eigenvalue weighted by molar-refractivity contribution is 5.80. The molecule has 0 bridgehead atoms. The highest BCUT2D eigenvalue weighted by Gasteiger charge is 2.15. The van der Waals surface area contributed by atoms with E-state index in [0.717, 1.165) is 17.4 Å². The Morgan fingerprint density at radius 3 is 2.71 bits per heavy atom. The third-order valence-corrected chi connectivity index (χ3v) is 4.23. The van der Waals surface area contributed by atoms with Gasteiger partial charge in [0, 0.05) is 36.3 Å². The maximum Gasteiger partial charge on any atom is 0.274 e. The number of aryl methyl sites for hydroxylation is 1. The summed E-state index contributed by atoms with van der Waals surface area (Å²) in [6, 6.07) is 7.87. The molecular formula is C18H23N5O. The van der Waals surface area contributed by atoms with E-state index in [-0.39, 0.29) is 17.6 Å². The van der Waals surface area contributed by atoms with Crippen LogP contribution in [0.5, 0.6) is 0 Å². The number of nitrogens with zero attached hydrogens (tertiary/aromatic N) is 4. The van der Waals surface area contributed by atoms with Gasteiger partial charge in [0.2, 0.25) is 0 Å². The fourth-order valence-corrected chi connectivity index (χ4v) is 2.98. The molecule has 0 saturated carbocycles. The van der Waals surface area contributed by atoms with Crippen molar-refractivity contribution in [3.63, 3.8) is 0 Å². The number of fused-ring (bicyclic) bond motifs is 1. The van der Waals surface area contributed by atoms with Gasteiger partial charge < -0.3 is 5.32 Å². The van der Waals surface area contributed by atoms with Crippen molar-refractivity contribution in [2.75, 3.05) is 0 Å². The third-order valence-electron chi connectivity index (χ3n) is 4.23. The summed E-state index contributed by atoms with van der Waals surface area (Å²) >= 11 is 0. The number of rotatable bonds is 6.